The highest BCUT2D eigenvalue weighted by Gasteiger charge is 2.20. The van der Waals surface area contributed by atoms with E-state index in [0.717, 1.165) is 12.1 Å². The van der Waals surface area contributed by atoms with E-state index in [-0.39, 0.29) is 22.3 Å². The van der Waals surface area contributed by atoms with Gasteiger partial charge in [-0.05, 0) is 5.92 Å². The van der Waals surface area contributed by atoms with Crippen LogP contribution in [0.25, 0.3) is 0 Å². The zero-order valence-corrected chi connectivity index (χ0v) is 10.7. The lowest BCUT2D eigenvalue weighted by atomic mass is 10.0. The third-order valence-corrected chi connectivity index (χ3v) is 2.68. The highest BCUT2D eigenvalue weighted by Crippen LogP contribution is 2.31. The fraction of sp³-hybridized carbons (Fsp3) is 0.333. The van der Waals surface area contributed by atoms with Crippen LogP contribution in [-0.2, 0) is 0 Å². The van der Waals surface area contributed by atoms with Gasteiger partial charge in [0.2, 0.25) is 0 Å². The van der Waals surface area contributed by atoms with E-state index in [1.807, 2.05) is 13.8 Å². The molecule has 1 aromatic rings. The standard InChI is InChI=1S/C12H12ClFN2O2/c1-4-10(7(2)3)15-11-6-9(14)8(13)5-12(11)16(17)18/h1,5-7,10,15H,2-3H3. The molecule has 0 fully saturated rings. The number of anilines is 1. The summed E-state index contributed by atoms with van der Waals surface area (Å²) in [6, 6.07) is 1.52. The average Bonchev–Trinajstić information content (AvgIpc) is 2.29. The highest BCUT2D eigenvalue weighted by atomic mass is 35.5. The molecule has 6 heteroatoms. The van der Waals surface area contributed by atoms with E-state index < -0.39 is 16.8 Å². The van der Waals surface area contributed by atoms with E-state index in [1.54, 1.807) is 0 Å². The van der Waals surface area contributed by atoms with Crippen molar-refractivity contribution in [2.24, 2.45) is 5.92 Å². The van der Waals surface area contributed by atoms with Gasteiger partial charge < -0.3 is 5.32 Å². The van der Waals surface area contributed by atoms with Crippen molar-refractivity contribution in [3.8, 4) is 12.3 Å². The molecular formula is C12H12ClFN2O2. The second kappa shape index (κ2) is 5.69. The number of halogens is 2. The summed E-state index contributed by atoms with van der Waals surface area (Å²) >= 11 is 5.52. The summed E-state index contributed by atoms with van der Waals surface area (Å²) in [5, 5.41) is 13.3. The van der Waals surface area contributed by atoms with Gasteiger partial charge in [0.15, 0.2) is 0 Å². The van der Waals surface area contributed by atoms with Crippen molar-refractivity contribution in [3.63, 3.8) is 0 Å². The van der Waals surface area contributed by atoms with Crippen molar-refractivity contribution in [1.82, 2.24) is 0 Å². The number of nitrogens with zero attached hydrogens (tertiary/aromatic N) is 1. The number of hydrogen-bond donors (Lipinski definition) is 1. The van der Waals surface area contributed by atoms with Gasteiger partial charge in [-0.3, -0.25) is 10.1 Å². The van der Waals surface area contributed by atoms with Crippen molar-refractivity contribution in [2.75, 3.05) is 5.32 Å². The van der Waals surface area contributed by atoms with Crippen molar-refractivity contribution in [1.29, 1.82) is 0 Å². The number of hydrogen-bond acceptors (Lipinski definition) is 3. The van der Waals surface area contributed by atoms with E-state index in [0.29, 0.717) is 0 Å². The Bertz CT molecular complexity index is 512. The molecule has 1 rings (SSSR count). The van der Waals surface area contributed by atoms with Gasteiger partial charge in [0.05, 0.1) is 16.0 Å². The van der Waals surface area contributed by atoms with Gasteiger partial charge >= 0.3 is 0 Å². The maximum absolute atomic E-state index is 13.3. The quantitative estimate of drug-likeness (QED) is 0.518. The Hall–Kier alpha value is -1.80. The largest absolute Gasteiger partial charge is 0.366 e. The van der Waals surface area contributed by atoms with E-state index in [2.05, 4.69) is 11.2 Å². The SMILES string of the molecule is C#CC(Nc1cc(F)c(Cl)cc1[N+](=O)[O-])C(C)C. The second-order valence-electron chi connectivity index (χ2n) is 4.07. The number of terminal acetylenes is 1. The third kappa shape index (κ3) is 3.11. The topological polar surface area (TPSA) is 55.2 Å². The van der Waals surface area contributed by atoms with Crippen LogP contribution in [0.15, 0.2) is 12.1 Å². The molecule has 0 heterocycles. The average molecular weight is 271 g/mol. The van der Waals surface area contributed by atoms with Crippen LogP contribution in [0.1, 0.15) is 13.8 Å². The molecule has 1 N–H and O–H groups in total. The van der Waals surface area contributed by atoms with E-state index >= 15 is 0 Å². The van der Waals surface area contributed by atoms with E-state index in [4.69, 9.17) is 18.0 Å². The number of nitro groups is 1. The van der Waals surface area contributed by atoms with Crippen molar-refractivity contribution in [2.45, 2.75) is 19.9 Å². The third-order valence-electron chi connectivity index (χ3n) is 2.39. The summed E-state index contributed by atoms with van der Waals surface area (Å²) in [5.74, 6) is 1.78. The van der Waals surface area contributed by atoms with Gasteiger partial charge in [-0.1, -0.05) is 31.4 Å². The molecule has 1 atom stereocenters. The summed E-state index contributed by atoms with van der Waals surface area (Å²) in [4.78, 5) is 10.2. The minimum atomic E-state index is -0.732. The monoisotopic (exact) mass is 270 g/mol. The Labute approximate surface area is 109 Å². The Morgan fingerprint density at radius 1 is 1.56 bits per heavy atom. The molecule has 1 unspecified atom stereocenters. The Kier molecular flexibility index (Phi) is 4.51. The van der Waals surface area contributed by atoms with Crippen LogP contribution in [0.3, 0.4) is 0 Å². The molecule has 0 aromatic heterocycles. The maximum Gasteiger partial charge on any atom is 0.294 e. The normalized spacial score (nSPS) is 12.0. The van der Waals surface area contributed by atoms with Gasteiger partial charge in [-0.25, -0.2) is 4.39 Å². The van der Waals surface area contributed by atoms with Crippen LogP contribution < -0.4 is 5.32 Å². The first-order valence-electron chi connectivity index (χ1n) is 5.23. The molecule has 18 heavy (non-hydrogen) atoms. The van der Waals surface area contributed by atoms with Gasteiger partial charge in [0.25, 0.3) is 5.69 Å². The number of benzene rings is 1. The summed E-state index contributed by atoms with van der Waals surface area (Å²) in [6.45, 7) is 3.71. The zero-order chi connectivity index (χ0) is 13.9. The van der Waals surface area contributed by atoms with Gasteiger partial charge in [0.1, 0.15) is 11.5 Å². The van der Waals surface area contributed by atoms with Gasteiger partial charge in [0, 0.05) is 12.1 Å². The fourth-order valence-electron chi connectivity index (χ4n) is 1.37. The summed E-state index contributed by atoms with van der Waals surface area (Å²) in [7, 11) is 0. The molecule has 1 aromatic carbocycles. The number of nitro benzene ring substituents is 1. The number of nitrogens with one attached hydrogen (secondary N) is 1. The first kappa shape index (κ1) is 14.3. The molecule has 0 bridgehead atoms. The Balaban J connectivity index is 3.19. The summed E-state index contributed by atoms with van der Waals surface area (Å²) in [5.41, 5.74) is -0.277. The molecule has 4 nitrogen and oxygen atoms in total. The molecule has 0 aliphatic heterocycles. The molecule has 0 amide bonds. The minimum Gasteiger partial charge on any atom is -0.366 e. The molecule has 0 aliphatic rings. The molecule has 0 spiro atoms. The summed E-state index contributed by atoms with van der Waals surface area (Å²) < 4.78 is 13.3. The predicted molar refractivity (Wildman–Crippen MR) is 69.1 cm³/mol. The van der Waals surface area contributed by atoms with Crippen LogP contribution in [0, 0.1) is 34.2 Å². The predicted octanol–water partition coefficient (Wildman–Crippen LogP) is 3.46. The molecule has 0 radical (unpaired) electrons. The van der Waals surface area contributed by atoms with Crippen molar-refractivity contribution < 1.29 is 9.31 Å². The van der Waals surface area contributed by atoms with Crippen LogP contribution in [0.2, 0.25) is 5.02 Å². The first-order valence-corrected chi connectivity index (χ1v) is 5.60. The first-order chi connectivity index (χ1) is 8.36. The lowest BCUT2D eigenvalue weighted by molar-refractivity contribution is -0.384. The zero-order valence-electron chi connectivity index (χ0n) is 9.91. The van der Waals surface area contributed by atoms with Crippen molar-refractivity contribution in [3.05, 3.63) is 33.1 Å². The molecule has 0 saturated carbocycles. The summed E-state index contributed by atoms with van der Waals surface area (Å²) in [6.07, 6.45) is 5.31. The number of rotatable bonds is 4. The Morgan fingerprint density at radius 3 is 2.61 bits per heavy atom. The van der Waals surface area contributed by atoms with Gasteiger partial charge in [-0.15, -0.1) is 6.42 Å². The fourth-order valence-corrected chi connectivity index (χ4v) is 1.53. The molecule has 0 aliphatic carbocycles. The lowest BCUT2D eigenvalue weighted by Gasteiger charge is -2.18. The maximum atomic E-state index is 13.3. The van der Waals surface area contributed by atoms with Crippen molar-refractivity contribution >= 4 is 23.0 Å². The van der Waals surface area contributed by atoms with E-state index in [9.17, 15) is 14.5 Å². The van der Waals surface area contributed by atoms with Crippen LogP contribution >= 0.6 is 11.6 Å². The van der Waals surface area contributed by atoms with Gasteiger partial charge in [-0.2, -0.15) is 0 Å². The molecule has 96 valence electrons. The minimum absolute atomic E-state index is 0.0264. The van der Waals surface area contributed by atoms with E-state index in [1.165, 1.54) is 0 Å². The highest BCUT2D eigenvalue weighted by molar-refractivity contribution is 6.31. The Morgan fingerprint density at radius 2 is 2.17 bits per heavy atom. The molecular weight excluding hydrogens is 259 g/mol. The second-order valence-corrected chi connectivity index (χ2v) is 4.48. The molecule has 0 saturated heterocycles. The smallest absolute Gasteiger partial charge is 0.294 e. The van der Waals surface area contributed by atoms with Crippen LogP contribution in [-0.4, -0.2) is 11.0 Å². The lowest BCUT2D eigenvalue weighted by Crippen LogP contribution is -2.24. The van der Waals surface area contributed by atoms with Crippen LogP contribution in [0.4, 0.5) is 15.8 Å². The van der Waals surface area contributed by atoms with Crippen LogP contribution in [0.5, 0.6) is 0 Å².